The molecule has 0 radical (unpaired) electrons. The Hall–Kier alpha value is -2.55. The molecule has 0 saturated carbocycles. The first-order valence-corrected chi connectivity index (χ1v) is 6.16. The lowest BCUT2D eigenvalue weighted by molar-refractivity contribution is -0.141. The van der Waals surface area contributed by atoms with Crippen molar-refractivity contribution in [1.29, 1.82) is 5.26 Å². The van der Waals surface area contributed by atoms with Crippen LogP contribution in [0, 0.1) is 11.3 Å². The average molecular weight is 275 g/mol. The Morgan fingerprint density at radius 1 is 1.35 bits per heavy atom. The molecule has 0 bridgehead atoms. The Morgan fingerprint density at radius 3 is 2.45 bits per heavy atom. The number of rotatable bonds is 4. The molecule has 0 heterocycles. The predicted octanol–water partition coefficient (Wildman–Crippen LogP) is 1.91. The van der Waals surface area contributed by atoms with Crippen LogP contribution in [0.3, 0.4) is 0 Å². The zero-order chi connectivity index (χ0) is 15.3. The van der Waals surface area contributed by atoms with Crippen LogP contribution < -0.4 is 4.90 Å². The van der Waals surface area contributed by atoms with E-state index in [0.29, 0.717) is 17.7 Å². The van der Waals surface area contributed by atoms with Crippen LogP contribution in [0.5, 0.6) is 0 Å². The number of amides is 2. The summed E-state index contributed by atoms with van der Waals surface area (Å²) >= 11 is 0. The summed E-state index contributed by atoms with van der Waals surface area (Å²) in [5.74, 6) is -1.05. The van der Waals surface area contributed by atoms with Crippen LogP contribution in [0.25, 0.3) is 0 Å². The number of hydrogen-bond donors (Lipinski definition) is 1. The van der Waals surface area contributed by atoms with Gasteiger partial charge in [-0.3, -0.25) is 4.90 Å². The van der Waals surface area contributed by atoms with Gasteiger partial charge in [0, 0.05) is 14.1 Å². The number of aliphatic carboxylic acids is 1. The van der Waals surface area contributed by atoms with E-state index in [0.717, 1.165) is 4.90 Å². The van der Waals surface area contributed by atoms with Gasteiger partial charge < -0.3 is 10.0 Å². The minimum atomic E-state index is -1.05. The average Bonchev–Trinajstić information content (AvgIpc) is 2.45. The summed E-state index contributed by atoms with van der Waals surface area (Å²) in [6, 6.07) is 7.32. The zero-order valence-electron chi connectivity index (χ0n) is 11.7. The smallest absolute Gasteiger partial charge is 0.326 e. The van der Waals surface area contributed by atoms with Crippen molar-refractivity contribution < 1.29 is 14.7 Å². The van der Waals surface area contributed by atoms with Crippen molar-refractivity contribution >= 4 is 17.7 Å². The van der Waals surface area contributed by atoms with E-state index in [9.17, 15) is 9.59 Å². The molecule has 6 heteroatoms. The van der Waals surface area contributed by atoms with E-state index in [-0.39, 0.29) is 0 Å². The van der Waals surface area contributed by atoms with Crippen molar-refractivity contribution in [3.8, 4) is 6.07 Å². The Morgan fingerprint density at radius 2 is 1.95 bits per heavy atom. The number of carbonyl (C=O) groups is 2. The molecule has 0 spiro atoms. The standard InChI is InChI=1S/C14H17N3O3/c1-4-11(13(18)19)16(2)14(20)17(3)12-8-6-5-7-10(12)9-15/h5-8,11H,4H2,1-3H3,(H,18,19). The highest BCUT2D eigenvalue weighted by Crippen LogP contribution is 2.20. The molecule has 1 atom stereocenters. The highest BCUT2D eigenvalue weighted by molar-refractivity contribution is 5.95. The topological polar surface area (TPSA) is 84.6 Å². The first kappa shape index (κ1) is 15.5. The minimum Gasteiger partial charge on any atom is -0.480 e. The zero-order valence-corrected chi connectivity index (χ0v) is 11.7. The van der Waals surface area contributed by atoms with E-state index in [1.807, 2.05) is 6.07 Å². The largest absolute Gasteiger partial charge is 0.480 e. The summed E-state index contributed by atoms with van der Waals surface area (Å²) in [7, 11) is 2.96. The predicted molar refractivity (Wildman–Crippen MR) is 74.4 cm³/mol. The van der Waals surface area contributed by atoms with Crippen LogP contribution in [0.1, 0.15) is 18.9 Å². The number of likely N-dealkylation sites (N-methyl/N-ethyl adjacent to an activating group) is 1. The molecule has 1 aromatic carbocycles. The molecule has 2 amide bonds. The maximum atomic E-state index is 12.3. The third-order valence-corrected chi connectivity index (χ3v) is 3.11. The van der Waals surface area contributed by atoms with Crippen molar-refractivity contribution in [3.63, 3.8) is 0 Å². The second-order valence-electron chi connectivity index (χ2n) is 4.34. The quantitative estimate of drug-likeness (QED) is 0.909. The maximum absolute atomic E-state index is 12.3. The van der Waals surface area contributed by atoms with Gasteiger partial charge in [0.2, 0.25) is 0 Å². The lowest BCUT2D eigenvalue weighted by Gasteiger charge is -2.29. The van der Waals surface area contributed by atoms with Gasteiger partial charge in [-0.15, -0.1) is 0 Å². The lowest BCUT2D eigenvalue weighted by atomic mass is 10.2. The first-order chi connectivity index (χ1) is 9.43. The van der Waals surface area contributed by atoms with Crippen molar-refractivity contribution in [1.82, 2.24) is 4.90 Å². The summed E-state index contributed by atoms with van der Waals surface area (Å²) < 4.78 is 0. The second kappa shape index (κ2) is 6.57. The number of anilines is 1. The molecule has 0 fully saturated rings. The van der Waals surface area contributed by atoms with Crippen LogP contribution in [0.2, 0.25) is 0 Å². The minimum absolute atomic E-state index is 0.311. The fraction of sp³-hybridized carbons (Fsp3) is 0.357. The number of urea groups is 1. The normalized spacial score (nSPS) is 11.3. The third-order valence-electron chi connectivity index (χ3n) is 3.11. The Labute approximate surface area is 117 Å². The van der Waals surface area contributed by atoms with E-state index in [1.165, 1.54) is 19.0 Å². The number of carboxylic acids is 1. The van der Waals surface area contributed by atoms with Crippen LogP contribution in [-0.4, -0.2) is 42.1 Å². The fourth-order valence-electron chi connectivity index (χ4n) is 1.95. The number of nitrogens with zero attached hydrogens (tertiary/aromatic N) is 3. The van der Waals surface area contributed by atoms with E-state index < -0.39 is 18.0 Å². The van der Waals surface area contributed by atoms with Crippen molar-refractivity contribution in [2.75, 3.05) is 19.0 Å². The highest BCUT2D eigenvalue weighted by atomic mass is 16.4. The van der Waals surface area contributed by atoms with E-state index >= 15 is 0 Å². The molecule has 1 unspecified atom stereocenters. The van der Waals surface area contributed by atoms with Gasteiger partial charge in [-0.1, -0.05) is 19.1 Å². The van der Waals surface area contributed by atoms with Crippen molar-refractivity contribution in [2.45, 2.75) is 19.4 Å². The maximum Gasteiger partial charge on any atom is 0.326 e. The molecule has 0 saturated heterocycles. The Balaban J connectivity index is 3.03. The van der Waals surface area contributed by atoms with Crippen LogP contribution >= 0.6 is 0 Å². The molecule has 106 valence electrons. The van der Waals surface area contributed by atoms with Gasteiger partial charge in [-0.05, 0) is 18.6 Å². The first-order valence-electron chi connectivity index (χ1n) is 6.16. The van der Waals surface area contributed by atoms with Gasteiger partial charge in [-0.25, -0.2) is 9.59 Å². The van der Waals surface area contributed by atoms with Crippen molar-refractivity contribution in [3.05, 3.63) is 29.8 Å². The molecule has 1 N–H and O–H groups in total. The second-order valence-corrected chi connectivity index (χ2v) is 4.34. The molecule has 1 aromatic rings. The summed E-state index contributed by atoms with van der Waals surface area (Å²) in [6.07, 6.45) is 0.311. The number of carboxylic acid groups (broad SMARTS) is 1. The van der Waals surface area contributed by atoms with E-state index in [1.54, 1.807) is 31.2 Å². The molecule has 0 aliphatic heterocycles. The lowest BCUT2D eigenvalue weighted by Crippen LogP contribution is -2.47. The van der Waals surface area contributed by atoms with Crippen molar-refractivity contribution in [2.24, 2.45) is 0 Å². The number of nitriles is 1. The SMILES string of the molecule is CCC(C(=O)O)N(C)C(=O)N(C)c1ccccc1C#N. The summed E-state index contributed by atoms with van der Waals surface area (Å²) in [5, 5.41) is 18.1. The van der Waals surface area contributed by atoms with Gasteiger partial charge in [0.25, 0.3) is 0 Å². The summed E-state index contributed by atoms with van der Waals surface area (Å²) in [4.78, 5) is 25.8. The van der Waals surface area contributed by atoms with E-state index in [2.05, 4.69) is 0 Å². The molecule has 0 aromatic heterocycles. The van der Waals surface area contributed by atoms with Gasteiger partial charge in [0.05, 0.1) is 11.3 Å². The molecule has 1 rings (SSSR count). The van der Waals surface area contributed by atoms with Gasteiger partial charge in [-0.2, -0.15) is 5.26 Å². The number of benzene rings is 1. The monoisotopic (exact) mass is 275 g/mol. The molecule has 0 aliphatic rings. The van der Waals surface area contributed by atoms with Crippen LogP contribution in [0.4, 0.5) is 10.5 Å². The van der Waals surface area contributed by atoms with Gasteiger partial charge in [0.15, 0.2) is 0 Å². The molecular formula is C14H17N3O3. The fourth-order valence-corrected chi connectivity index (χ4v) is 1.95. The van der Waals surface area contributed by atoms with E-state index in [4.69, 9.17) is 10.4 Å². The molecule has 20 heavy (non-hydrogen) atoms. The van der Waals surface area contributed by atoms with Crippen LogP contribution in [-0.2, 0) is 4.79 Å². The summed E-state index contributed by atoms with van der Waals surface area (Å²) in [6.45, 7) is 1.70. The molecule has 6 nitrogen and oxygen atoms in total. The number of para-hydroxylation sites is 1. The number of hydrogen-bond acceptors (Lipinski definition) is 3. The Kier molecular flexibility index (Phi) is 5.09. The Bertz CT molecular complexity index is 551. The third kappa shape index (κ3) is 3.06. The van der Waals surface area contributed by atoms with Gasteiger partial charge >= 0.3 is 12.0 Å². The number of carbonyl (C=O) groups excluding carboxylic acids is 1. The molecular weight excluding hydrogens is 258 g/mol. The summed E-state index contributed by atoms with van der Waals surface area (Å²) in [5.41, 5.74) is 0.812. The highest BCUT2D eigenvalue weighted by Gasteiger charge is 2.27. The van der Waals surface area contributed by atoms with Crippen LogP contribution in [0.15, 0.2) is 24.3 Å². The van der Waals surface area contributed by atoms with Gasteiger partial charge in [0.1, 0.15) is 12.1 Å². The molecule has 0 aliphatic carbocycles.